The minimum atomic E-state index is -0.824. The predicted octanol–water partition coefficient (Wildman–Crippen LogP) is 16.5. The van der Waals surface area contributed by atoms with Crippen LogP contribution in [0.1, 0.15) is 197 Å². The standard InChI is InChI=1S/C25H32FN5O5.C25H30FN5O4.C20H24FN5O3.C17H22ClFN4O2.C8H9NO2/c1-25(2,3)36-24(33)30-18-7-5-4-6-17(18)29-23-16(26)13-15(21(27)32)22(31-23)28-14-8-9-19-20(12-14)35-11-10-34-19;1-25(2,3)35-24(32)30-19-7-5-4-6-18(19)29-23-17(26)12-15(14-27)22(31-23)28-16-8-9-20-21(13-16)34-11-10-33-20;21-13-10-12(18(23)27)19(26-20(13)25-15-4-2-1-3-14(15)22)24-11-5-6-16-17(9-11)29-8-7-28-16;1-17(2,3)25-16(24)22-13-7-5-4-6-12(13)21-15-11(19)8-10(9-20)14(18)23-15;9-6-1-2-7-8(5-6)11-4-3-10-7/h8-9,12-13,17-18H,4-7,10-11H2,1-3H3,(H2,27,32)(H,30,33)(H2,28,29,31);8-9,12-13,18-19H,4-7,10-11H2,1-3H3,(H,30,32)(H2,28,29,31);5-6,9-10,14-15H,1-4,7-8,22H2,(H2,23,27)(H2,24,25,26);8,12-13H,4-7H2,1-3H3,(H,21,23)(H,22,24);1-2,5H,3-4,9H2/t17-,18+;18-,19+;14-,15+;12-,13+;/m1101./s1. The second kappa shape index (κ2) is 46.3. The molecular weight excluding hydrogens is 1790 g/mol. The average molecular weight is 1910 g/mol. The molecule has 8 aliphatic rings. The zero-order valence-electron chi connectivity index (χ0n) is 77.2. The quantitative estimate of drug-likeness (QED) is 0.0155. The summed E-state index contributed by atoms with van der Waals surface area (Å²) < 4.78 is 119. The molecule has 8 atom stereocenters. The number of nitrogen functional groups attached to an aromatic ring is 1. The first-order chi connectivity index (χ1) is 64.9. The molecule has 4 saturated carbocycles. The van der Waals surface area contributed by atoms with Crippen molar-refractivity contribution in [1.29, 1.82) is 10.5 Å². The van der Waals surface area contributed by atoms with E-state index in [0.29, 0.717) is 123 Å². The SMILES string of the molecule is CC(C)(C)OC(=O)N[C@H]1CCCC[C@H]1Nc1nc(Cl)c(C#N)cc1F.CC(C)(C)OC(=O)N[C@H]1CCCC[C@H]1Nc1nc(Nc2ccc3c(c2)OCCO3)c(C#N)cc1F.CC(C)(C)OC(=O)N[C@H]1CCCC[C@H]1Nc1nc(Nc2ccc3c(c2)OCCO3)c(C(N)=O)cc1F.NC(=O)c1cc(F)c(N[C@@H]2CCCC[C@@H]2N)nc1Nc1ccc2c(c1)OCCO2.Nc1ccc2c(c1)OCCO2. The molecule has 0 radical (unpaired) electrons. The number of rotatable bonds is 19. The Labute approximate surface area is 790 Å². The molecule has 4 aromatic carbocycles. The lowest BCUT2D eigenvalue weighted by Gasteiger charge is -2.34. The minimum absolute atomic E-state index is 0.00642. The maximum Gasteiger partial charge on any atom is 0.407 e. The molecule has 41 heteroatoms. The second-order valence-electron chi connectivity index (χ2n) is 36.2. The van der Waals surface area contributed by atoms with Crippen LogP contribution >= 0.6 is 11.6 Å². The molecule has 0 unspecified atom stereocenters. The summed E-state index contributed by atoms with van der Waals surface area (Å²) in [6.07, 6.45) is 12.3. The fourth-order valence-corrected chi connectivity index (χ4v) is 16.0. The number of aromatic nitrogens is 4. The Morgan fingerprint density at radius 1 is 0.368 bits per heavy atom. The number of hydrogen-bond acceptors (Lipinski definition) is 31. The van der Waals surface area contributed by atoms with Crippen LogP contribution in [0.3, 0.4) is 0 Å². The van der Waals surface area contributed by atoms with Crippen LogP contribution in [0.4, 0.5) is 95.4 Å². The van der Waals surface area contributed by atoms with Crippen molar-refractivity contribution in [2.24, 2.45) is 17.2 Å². The van der Waals surface area contributed by atoms with Crippen LogP contribution in [0.5, 0.6) is 46.0 Å². The normalized spacial score (nSPS) is 19.4. The van der Waals surface area contributed by atoms with Gasteiger partial charge in [0, 0.05) is 77.2 Å². The van der Waals surface area contributed by atoms with E-state index in [4.69, 9.17) is 91.9 Å². The van der Waals surface area contributed by atoms with E-state index in [-0.39, 0.29) is 116 Å². The van der Waals surface area contributed by atoms with E-state index in [1.54, 1.807) is 135 Å². The third-order valence-corrected chi connectivity index (χ3v) is 22.4. The summed E-state index contributed by atoms with van der Waals surface area (Å²) in [7, 11) is 0. The maximum absolute atomic E-state index is 15.0. The number of nitrogens with two attached hydrogens (primary N) is 4. The van der Waals surface area contributed by atoms with Gasteiger partial charge in [0.15, 0.2) is 98.4 Å². The molecule has 8 heterocycles. The number of fused-ring (bicyclic) bond motifs is 4. The Kier molecular flexibility index (Phi) is 34.4. The Balaban J connectivity index is 0.000000158. The highest BCUT2D eigenvalue weighted by atomic mass is 35.5. The number of primary amides is 2. The van der Waals surface area contributed by atoms with Gasteiger partial charge in [-0.25, -0.2) is 51.9 Å². The van der Waals surface area contributed by atoms with Crippen molar-refractivity contribution < 1.29 is 93.6 Å². The molecule has 8 aromatic rings. The molecule has 16 rings (SSSR count). The van der Waals surface area contributed by atoms with Gasteiger partial charge >= 0.3 is 18.3 Å². The van der Waals surface area contributed by atoms with Gasteiger partial charge in [0.05, 0.1) is 40.4 Å². The lowest BCUT2D eigenvalue weighted by Crippen LogP contribution is -2.50. The molecule has 4 aliphatic carbocycles. The average Bonchev–Trinajstić information content (AvgIpc) is 0.804. The number of nitriles is 2. The Bertz CT molecular complexity index is 5660. The number of nitrogens with one attached hydrogen (secondary N) is 10. The lowest BCUT2D eigenvalue weighted by molar-refractivity contribution is 0.0477. The van der Waals surface area contributed by atoms with Gasteiger partial charge in [-0.05, 0) is 186 Å². The summed E-state index contributed by atoms with van der Waals surface area (Å²) in [6, 6.07) is 27.6. The van der Waals surface area contributed by atoms with Crippen LogP contribution in [0.2, 0.25) is 5.15 Å². The molecule has 4 fully saturated rings. The number of halogens is 5. The van der Waals surface area contributed by atoms with E-state index in [1.807, 2.05) is 12.1 Å². The van der Waals surface area contributed by atoms with Crippen LogP contribution in [0.25, 0.3) is 0 Å². The first-order valence-electron chi connectivity index (χ1n) is 45.2. The van der Waals surface area contributed by atoms with Gasteiger partial charge in [-0.1, -0.05) is 63.0 Å². The van der Waals surface area contributed by atoms with Gasteiger partial charge in [-0.3, -0.25) is 9.59 Å². The van der Waals surface area contributed by atoms with Crippen LogP contribution < -0.4 is 114 Å². The number of hydrogen-bond donors (Lipinski definition) is 14. The number of carbonyl (C=O) groups is 5. The van der Waals surface area contributed by atoms with Crippen molar-refractivity contribution in [3.63, 3.8) is 0 Å². The smallest absolute Gasteiger partial charge is 0.407 e. The minimum Gasteiger partial charge on any atom is -0.486 e. The largest absolute Gasteiger partial charge is 0.486 e. The van der Waals surface area contributed by atoms with Gasteiger partial charge in [-0.2, -0.15) is 10.5 Å². The highest BCUT2D eigenvalue weighted by Crippen LogP contribution is 2.41. The van der Waals surface area contributed by atoms with Gasteiger partial charge in [0.2, 0.25) is 0 Å². The van der Waals surface area contributed by atoms with E-state index >= 15 is 4.39 Å². The van der Waals surface area contributed by atoms with Crippen molar-refractivity contribution >= 4 is 105 Å². The first kappa shape index (κ1) is 101. The topological polar surface area (TPSA) is 510 Å². The molecular formula is C95H117ClF4N20O16. The van der Waals surface area contributed by atoms with Gasteiger partial charge < -0.3 is 128 Å². The van der Waals surface area contributed by atoms with Crippen molar-refractivity contribution in [1.82, 2.24) is 35.9 Å². The fourth-order valence-electron chi connectivity index (χ4n) is 15.8. The van der Waals surface area contributed by atoms with E-state index < -0.39 is 70.2 Å². The number of pyridine rings is 4. The monoisotopic (exact) mass is 1900 g/mol. The first-order valence-corrected chi connectivity index (χ1v) is 45.6. The third-order valence-electron chi connectivity index (χ3n) is 22.1. The number of alkyl carbamates (subject to hydrolysis) is 3. The number of ether oxygens (including phenoxy) is 11. The summed E-state index contributed by atoms with van der Waals surface area (Å²) in [6.45, 7) is 20.1. The van der Waals surface area contributed by atoms with Crippen LogP contribution in [0, 0.1) is 45.9 Å². The highest BCUT2D eigenvalue weighted by Gasteiger charge is 2.36. The molecule has 0 bridgehead atoms. The Hall–Kier alpha value is -14.0. The van der Waals surface area contributed by atoms with Crippen molar-refractivity contribution in [3.05, 3.63) is 148 Å². The molecule has 0 saturated heterocycles. The summed E-state index contributed by atoms with van der Waals surface area (Å²) in [5, 5.41) is 48.5. The zero-order chi connectivity index (χ0) is 97.5. The van der Waals surface area contributed by atoms with Crippen molar-refractivity contribution in [2.45, 2.75) is 230 Å². The predicted molar refractivity (Wildman–Crippen MR) is 503 cm³/mol. The molecule has 0 spiro atoms. The van der Waals surface area contributed by atoms with Crippen LogP contribution in [-0.4, -0.2) is 168 Å². The number of amides is 5. The highest BCUT2D eigenvalue weighted by molar-refractivity contribution is 6.30. The summed E-state index contributed by atoms with van der Waals surface area (Å²) in [5.74, 6) is 1.28. The molecule has 5 amide bonds. The number of benzene rings is 4. The Morgan fingerprint density at radius 2 is 0.647 bits per heavy atom. The number of carbonyl (C=O) groups excluding carboxylic acids is 5. The van der Waals surface area contributed by atoms with Gasteiger partial charge in [0.1, 0.15) is 98.6 Å². The second-order valence-corrected chi connectivity index (χ2v) is 36.5. The summed E-state index contributed by atoms with van der Waals surface area (Å²) in [5.41, 5.74) is 23.2. The summed E-state index contributed by atoms with van der Waals surface area (Å²) >= 11 is 5.88. The zero-order valence-corrected chi connectivity index (χ0v) is 78.0. The van der Waals surface area contributed by atoms with E-state index in [2.05, 4.69) is 73.1 Å². The van der Waals surface area contributed by atoms with Gasteiger partial charge in [-0.15, -0.1) is 0 Å². The molecule has 4 aliphatic heterocycles. The Morgan fingerprint density at radius 3 is 0.985 bits per heavy atom. The number of nitrogens with zero attached hydrogens (tertiary/aromatic N) is 6. The summed E-state index contributed by atoms with van der Waals surface area (Å²) in [4.78, 5) is 77.5. The van der Waals surface area contributed by atoms with Gasteiger partial charge in [0.25, 0.3) is 11.8 Å². The molecule has 18 N–H and O–H groups in total. The van der Waals surface area contributed by atoms with Crippen molar-refractivity contribution in [2.75, 3.05) is 95.8 Å². The van der Waals surface area contributed by atoms with E-state index in [9.17, 15) is 42.4 Å². The van der Waals surface area contributed by atoms with E-state index in [1.165, 1.54) is 0 Å². The van der Waals surface area contributed by atoms with Crippen LogP contribution in [0.15, 0.2) is 97.1 Å². The molecule has 136 heavy (non-hydrogen) atoms. The molecule has 4 aromatic heterocycles. The van der Waals surface area contributed by atoms with Crippen molar-refractivity contribution in [3.8, 4) is 58.1 Å². The third kappa shape index (κ3) is 29.2. The van der Waals surface area contributed by atoms with Crippen LogP contribution in [-0.2, 0) is 14.2 Å². The maximum atomic E-state index is 15.0. The molecule has 728 valence electrons. The number of anilines is 11. The van der Waals surface area contributed by atoms with E-state index in [0.717, 1.165) is 126 Å². The fraction of sp³-hybridized carbons (Fsp3) is 0.463. The molecule has 36 nitrogen and oxygen atoms in total. The lowest BCUT2D eigenvalue weighted by atomic mass is 9.90.